The van der Waals surface area contributed by atoms with Gasteiger partial charge < -0.3 is 14.2 Å². The van der Waals surface area contributed by atoms with E-state index < -0.39 is 0 Å². The molecule has 0 amide bonds. The van der Waals surface area contributed by atoms with Gasteiger partial charge in [-0.15, -0.1) is 0 Å². The smallest absolute Gasteiger partial charge is 0.342 e. The average molecular weight is 375 g/mol. The highest BCUT2D eigenvalue weighted by molar-refractivity contribution is 5.90. The van der Waals surface area contributed by atoms with Gasteiger partial charge in [0, 0.05) is 14.2 Å². The minimum absolute atomic E-state index is 0.0515. The molecule has 0 aliphatic rings. The first-order valence-corrected chi connectivity index (χ1v) is 9.72. The fourth-order valence-corrected chi connectivity index (χ4v) is 2.80. The summed E-state index contributed by atoms with van der Waals surface area (Å²) in [5.41, 5.74) is 3.69. The molecule has 0 spiro atoms. The van der Waals surface area contributed by atoms with Crippen LogP contribution in [0.2, 0.25) is 0 Å². The third kappa shape index (κ3) is 7.69. The van der Waals surface area contributed by atoms with Crippen LogP contribution in [0.25, 0.3) is 6.08 Å². The first-order valence-electron chi connectivity index (χ1n) is 9.72. The van der Waals surface area contributed by atoms with Crippen molar-refractivity contribution in [2.75, 3.05) is 14.2 Å². The van der Waals surface area contributed by atoms with E-state index in [0.717, 1.165) is 36.8 Å². The zero-order chi connectivity index (χ0) is 20.2. The van der Waals surface area contributed by atoms with E-state index in [1.54, 1.807) is 20.3 Å². The number of rotatable bonds is 11. The molecule has 0 fully saturated rings. The van der Waals surface area contributed by atoms with E-state index in [1.807, 2.05) is 32.0 Å². The minimum atomic E-state index is -0.362. The Morgan fingerprint density at radius 2 is 1.59 bits per heavy atom. The average Bonchev–Trinajstić information content (AvgIpc) is 2.69. The van der Waals surface area contributed by atoms with Crippen molar-refractivity contribution in [2.45, 2.75) is 65.6 Å². The van der Waals surface area contributed by atoms with Gasteiger partial charge in [0.25, 0.3) is 0 Å². The molecule has 4 nitrogen and oxygen atoms in total. The van der Waals surface area contributed by atoms with Crippen molar-refractivity contribution < 1.29 is 19.0 Å². The lowest BCUT2D eigenvalue weighted by Gasteiger charge is -2.14. The molecule has 0 saturated heterocycles. The normalized spacial score (nSPS) is 14.7. The predicted octanol–water partition coefficient (Wildman–Crippen LogP) is 5.78. The van der Waals surface area contributed by atoms with Crippen LogP contribution in [-0.2, 0) is 14.2 Å². The number of methoxy groups -OCH3 is 2. The van der Waals surface area contributed by atoms with Gasteiger partial charge in [0.2, 0.25) is 0 Å². The summed E-state index contributed by atoms with van der Waals surface area (Å²) in [4.78, 5) is 12.5. The largest absolute Gasteiger partial charge is 0.431 e. The molecule has 0 aliphatic heterocycles. The number of hydrogen-bond acceptors (Lipinski definition) is 4. The van der Waals surface area contributed by atoms with Crippen molar-refractivity contribution in [2.24, 2.45) is 0 Å². The summed E-state index contributed by atoms with van der Waals surface area (Å²) < 4.78 is 16.2. The standard InChI is InChI=1S/C23H34O4/c1-7-10-20(17(3)25-5)14-19-12-9-13-21(15-19)23(24)27-16-22(11-8-2)18(4)26-6/h9,12-18H,7-8,10-11H2,1-6H3. The van der Waals surface area contributed by atoms with Gasteiger partial charge >= 0.3 is 5.97 Å². The van der Waals surface area contributed by atoms with E-state index in [4.69, 9.17) is 14.2 Å². The molecule has 1 aromatic carbocycles. The zero-order valence-electron chi connectivity index (χ0n) is 17.6. The molecule has 0 radical (unpaired) electrons. The van der Waals surface area contributed by atoms with Crippen LogP contribution in [0.1, 0.15) is 69.3 Å². The maximum absolute atomic E-state index is 12.5. The van der Waals surface area contributed by atoms with E-state index in [1.165, 1.54) is 11.8 Å². The first-order chi connectivity index (χ1) is 13.0. The molecule has 2 unspecified atom stereocenters. The van der Waals surface area contributed by atoms with Crippen LogP contribution in [0.4, 0.5) is 0 Å². The van der Waals surface area contributed by atoms with Gasteiger partial charge in [0.05, 0.1) is 24.0 Å². The Kier molecular flexibility index (Phi) is 10.7. The van der Waals surface area contributed by atoms with Crippen molar-refractivity contribution >= 4 is 12.0 Å². The number of ether oxygens (including phenoxy) is 3. The van der Waals surface area contributed by atoms with Gasteiger partial charge in [-0.05, 0) is 55.5 Å². The van der Waals surface area contributed by atoms with Crippen molar-refractivity contribution in [1.82, 2.24) is 0 Å². The highest BCUT2D eigenvalue weighted by atomic mass is 16.5. The lowest BCUT2D eigenvalue weighted by atomic mass is 10.0. The Morgan fingerprint density at radius 3 is 2.19 bits per heavy atom. The molecular weight excluding hydrogens is 340 g/mol. The molecule has 2 atom stereocenters. The maximum atomic E-state index is 12.5. The van der Waals surface area contributed by atoms with Crippen LogP contribution in [0, 0.1) is 0 Å². The van der Waals surface area contributed by atoms with Gasteiger partial charge in [-0.3, -0.25) is 0 Å². The molecule has 0 bridgehead atoms. The molecule has 0 heterocycles. The predicted molar refractivity (Wildman–Crippen MR) is 111 cm³/mol. The summed E-state index contributed by atoms with van der Waals surface area (Å²) in [5.74, 6) is -0.362. The quantitative estimate of drug-likeness (QED) is 0.364. The van der Waals surface area contributed by atoms with Crippen LogP contribution in [-0.4, -0.2) is 32.4 Å². The highest BCUT2D eigenvalue weighted by Crippen LogP contribution is 2.19. The highest BCUT2D eigenvalue weighted by Gasteiger charge is 2.12. The Hall–Kier alpha value is -1.91. The van der Waals surface area contributed by atoms with Crippen LogP contribution >= 0.6 is 0 Å². The minimum Gasteiger partial charge on any atom is -0.431 e. The topological polar surface area (TPSA) is 44.8 Å². The second-order valence-corrected chi connectivity index (χ2v) is 6.70. The van der Waals surface area contributed by atoms with Crippen LogP contribution in [0.3, 0.4) is 0 Å². The second-order valence-electron chi connectivity index (χ2n) is 6.70. The molecule has 1 aromatic rings. The Labute approximate surface area is 164 Å². The lowest BCUT2D eigenvalue weighted by molar-refractivity contribution is 0.0650. The molecular formula is C23H34O4. The van der Waals surface area contributed by atoms with Gasteiger partial charge in [-0.25, -0.2) is 4.79 Å². The van der Waals surface area contributed by atoms with Crippen molar-refractivity contribution in [3.05, 3.63) is 52.8 Å². The summed E-state index contributed by atoms with van der Waals surface area (Å²) in [6.45, 7) is 8.22. The lowest BCUT2D eigenvalue weighted by Crippen LogP contribution is -2.11. The van der Waals surface area contributed by atoms with E-state index in [-0.39, 0.29) is 18.2 Å². The van der Waals surface area contributed by atoms with Gasteiger partial charge in [-0.2, -0.15) is 0 Å². The van der Waals surface area contributed by atoms with Crippen molar-refractivity contribution in [3.63, 3.8) is 0 Å². The van der Waals surface area contributed by atoms with Crippen LogP contribution in [0.15, 0.2) is 41.7 Å². The molecule has 4 heteroatoms. The number of benzene rings is 1. The fraction of sp³-hybridized carbons (Fsp3) is 0.522. The third-order valence-corrected chi connectivity index (χ3v) is 4.62. The van der Waals surface area contributed by atoms with Gasteiger partial charge in [-0.1, -0.05) is 44.9 Å². The van der Waals surface area contributed by atoms with E-state index in [9.17, 15) is 4.79 Å². The molecule has 0 aliphatic carbocycles. The Morgan fingerprint density at radius 1 is 1.00 bits per heavy atom. The van der Waals surface area contributed by atoms with E-state index in [0.29, 0.717) is 5.56 Å². The second kappa shape index (κ2) is 12.5. The Balaban J connectivity index is 2.98. The molecule has 27 heavy (non-hydrogen) atoms. The van der Waals surface area contributed by atoms with Crippen LogP contribution in [0.5, 0.6) is 0 Å². The zero-order valence-corrected chi connectivity index (χ0v) is 17.6. The van der Waals surface area contributed by atoms with Gasteiger partial charge in [0.15, 0.2) is 0 Å². The fourth-order valence-electron chi connectivity index (χ4n) is 2.80. The maximum Gasteiger partial charge on any atom is 0.342 e. The number of carbonyl (C=O) groups is 1. The first kappa shape index (κ1) is 23.1. The number of carbonyl (C=O) groups excluding carboxylic acids is 1. The summed E-state index contributed by atoms with van der Waals surface area (Å²) in [7, 11) is 3.36. The SMILES string of the molecule is CCCC(=COC(=O)c1cccc(C=C(CCC)C(C)OC)c1)C(C)OC. The summed E-state index contributed by atoms with van der Waals surface area (Å²) in [6, 6.07) is 7.48. The summed E-state index contributed by atoms with van der Waals surface area (Å²) in [5, 5.41) is 0. The van der Waals surface area contributed by atoms with Crippen LogP contribution < -0.4 is 0 Å². The molecule has 0 N–H and O–H groups in total. The van der Waals surface area contributed by atoms with E-state index in [2.05, 4.69) is 19.9 Å². The third-order valence-electron chi connectivity index (χ3n) is 4.62. The van der Waals surface area contributed by atoms with Crippen molar-refractivity contribution in [1.29, 1.82) is 0 Å². The number of hydrogen-bond donors (Lipinski definition) is 0. The van der Waals surface area contributed by atoms with E-state index >= 15 is 0 Å². The molecule has 150 valence electrons. The summed E-state index contributed by atoms with van der Waals surface area (Å²) in [6.07, 6.45) is 7.42. The Bertz CT molecular complexity index is 646. The molecule has 1 rings (SSSR count). The number of esters is 1. The summed E-state index contributed by atoms with van der Waals surface area (Å²) >= 11 is 0. The molecule has 0 aromatic heterocycles. The van der Waals surface area contributed by atoms with Gasteiger partial charge in [0.1, 0.15) is 0 Å². The van der Waals surface area contributed by atoms with Crippen molar-refractivity contribution in [3.8, 4) is 0 Å². The monoisotopic (exact) mass is 374 g/mol. The molecule has 0 saturated carbocycles.